The van der Waals surface area contributed by atoms with Gasteiger partial charge in [-0.05, 0) is 45.9 Å². The van der Waals surface area contributed by atoms with Gasteiger partial charge in [0.2, 0.25) is 0 Å². The second-order valence-corrected chi connectivity index (χ2v) is 8.13. The summed E-state index contributed by atoms with van der Waals surface area (Å²) in [6, 6.07) is 19.6. The van der Waals surface area contributed by atoms with Crippen molar-refractivity contribution in [2.24, 2.45) is 0 Å². The third-order valence-electron chi connectivity index (χ3n) is 1.81. The molecule has 0 bridgehead atoms. The van der Waals surface area contributed by atoms with E-state index in [-0.39, 0.29) is 0 Å². The van der Waals surface area contributed by atoms with E-state index in [1.165, 1.54) is 21.6 Å². The Hall–Kier alpha value is -0.710. The highest BCUT2D eigenvalue weighted by Gasteiger charge is 2.04. The van der Waals surface area contributed by atoms with Crippen molar-refractivity contribution in [2.45, 2.75) is 9.79 Å². The zero-order valence-electron chi connectivity index (χ0n) is 8.41. The third kappa shape index (κ3) is 3.70. The molecule has 2 aromatic rings. The van der Waals surface area contributed by atoms with Crippen LogP contribution in [0.5, 0.6) is 0 Å². The predicted octanol–water partition coefficient (Wildman–Crippen LogP) is 4.15. The molecule has 0 radical (unpaired) electrons. The van der Waals surface area contributed by atoms with Gasteiger partial charge in [0.25, 0.3) is 0 Å². The smallest absolute Gasteiger partial charge is 0.150 e. The van der Waals surface area contributed by atoms with E-state index in [1.807, 2.05) is 60.7 Å². The van der Waals surface area contributed by atoms with Crippen LogP contribution in [0.1, 0.15) is 0 Å². The predicted molar refractivity (Wildman–Crippen MR) is 72.7 cm³/mol. The fourth-order valence-electron chi connectivity index (χ4n) is 1.13. The van der Waals surface area contributed by atoms with Crippen LogP contribution in [-0.2, 0) is 8.86 Å². The molecule has 0 aliphatic rings. The summed E-state index contributed by atoms with van der Waals surface area (Å²) in [5, 5.41) is 0. The largest absolute Gasteiger partial charge is 0.235 e. The first-order chi connectivity index (χ1) is 7.84. The van der Waals surface area contributed by atoms with Crippen molar-refractivity contribution < 1.29 is 4.21 Å². The molecular weight excluding hydrogens is 256 g/mol. The van der Waals surface area contributed by atoms with Gasteiger partial charge in [0, 0.05) is 9.79 Å². The molecule has 0 N–H and O–H groups in total. The van der Waals surface area contributed by atoms with E-state index in [2.05, 4.69) is 0 Å². The van der Waals surface area contributed by atoms with Gasteiger partial charge in [-0.2, -0.15) is 0 Å². The lowest BCUT2D eigenvalue weighted by molar-refractivity contribution is 0.699. The summed E-state index contributed by atoms with van der Waals surface area (Å²) in [6.07, 6.45) is 0. The minimum absolute atomic E-state index is 0.989. The summed E-state index contributed by atoms with van der Waals surface area (Å²) >= 11 is 0. The SMILES string of the molecule is O=S(Sc1ccccc1)Sc1ccccc1. The molecule has 0 spiro atoms. The first kappa shape index (κ1) is 11.8. The second-order valence-electron chi connectivity index (χ2n) is 3.00. The summed E-state index contributed by atoms with van der Waals surface area (Å²) in [4.78, 5) is 2.06. The number of hydrogen-bond acceptors (Lipinski definition) is 3. The molecule has 2 aromatic carbocycles. The van der Waals surface area contributed by atoms with E-state index >= 15 is 0 Å². The van der Waals surface area contributed by atoms with E-state index in [4.69, 9.17) is 0 Å². The molecule has 2 rings (SSSR count). The van der Waals surface area contributed by atoms with Gasteiger partial charge in [-0.15, -0.1) is 0 Å². The molecule has 0 fully saturated rings. The van der Waals surface area contributed by atoms with E-state index in [1.54, 1.807) is 0 Å². The Labute approximate surface area is 105 Å². The molecule has 82 valence electrons. The van der Waals surface area contributed by atoms with Crippen LogP contribution in [0.25, 0.3) is 0 Å². The van der Waals surface area contributed by atoms with Crippen molar-refractivity contribution in [1.82, 2.24) is 0 Å². The Morgan fingerprint density at radius 1 is 0.688 bits per heavy atom. The number of rotatable bonds is 4. The van der Waals surface area contributed by atoms with Gasteiger partial charge in [-0.25, -0.2) is 4.21 Å². The van der Waals surface area contributed by atoms with E-state index < -0.39 is 8.86 Å². The first-order valence-electron chi connectivity index (χ1n) is 4.73. The topological polar surface area (TPSA) is 17.1 Å². The number of benzene rings is 2. The highest BCUT2D eigenvalue weighted by Crippen LogP contribution is 2.33. The normalized spacial score (nSPS) is 10.6. The summed E-state index contributed by atoms with van der Waals surface area (Å²) < 4.78 is 11.8. The molecule has 0 saturated carbocycles. The molecule has 0 amide bonds. The molecule has 0 atom stereocenters. The highest BCUT2D eigenvalue weighted by atomic mass is 33.5. The van der Waals surface area contributed by atoms with Crippen LogP contribution in [-0.4, -0.2) is 4.21 Å². The van der Waals surface area contributed by atoms with Crippen molar-refractivity contribution in [1.29, 1.82) is 0 Å². The van der Waals surface area contributed by atoms with Crippen molar-refractivity contribution in [3.63, 3.8) is 0 Å². The molecule has 0 saturated heterocycles. The minimum atomic E-state index is -0.989. The molecular formula is C12H10OS3. The molecule has 0 aromatic heterocycles. The highest BCUT2D eigenvalue weighted by molar-refractivity contribution is 9.02. The third-order valence-corrected chi connectivity index (χ3v) is 6.21. The van der Waals surface area contributed by atoms with Crippen molar-refractivity contribution in [3.05, 3.63) is 60.7 Å². The zero-order chi connectivity index (χ0) is 11.2. The Morgan fingerprint density at radius 3 is 1.44 bits per heavy atom. The fraction of sp³-hybridized carbons (Fsp3) is 0. The van der Waals surface area contributed by atoms with E-state index in [0.29, 0.717) is 0 Å². The molecule has 4 heteroatoms. The van der Waals surface area contributed by atoms with Gasteiger partial charge in [0.05, 0.1) is 0 Å². The second kappa shape index (κ2) is 6.13. The van der Waals surface area contributed by atoms with E-state index in [9.17, 15) is 4.21 Å². The molecule has 0 heterocycles. The van der Waals surface area contributed by atoms with Crippen LogP contribution < -0.4 is 0 Å². The lowest BCUT2D eigenvalue weighted by Gasteiger charge is -2.00. The summed E-state index contributed by atoms with van der Waals surface area (Å²) in [6.45, 7) is 0. The van der Waals surface area contributed by atoms with Crippen LogP contribution in [0.4, 0.5) is 0 Å². The van der Waals surface area contributed by atoms with Crippen LogP contribution in [0.3, 0.4) is 0 Å². The van der Waals surface area contributed by atoms with Crippen LogP contribution >= 0.6 is 21.6 Å². The standard InChI is InChI=1S/C12H10OS3/c13-16(14-11-7-3-1-4-8-11)15-12-9-5-2-6-10-12/h1-10H. The summed E-state index contributed by atoms with van der Waals surface area (Å²) in [7, 11) is 1.76. The quantitative estimate of drug-likeness (QED) is 0.774. The zero-order valence-corrected chi connectivity index (χ0v) is 10.9. The maximum absolute atomic E-state index is 11.8. The first-order valence-corrected chi connectivity index (χ1v) is 8.55. The Balaban J connectivity index is 1.95. The van der Waals surface area contributed by atoms with Gasteiger partial charge in [-0.3, -0.25) is 0 Å². The molecule has 1 nitrogen and oxygen atoms in total. The maximum atomic E-state index is 11.8. The maximum Gasteiger partial charge on any atom is 0.150 e. The van der Waals surface area contributed by atoms with Gasteiger partial charge < -0.3 is 0 Å². The monoisotopic (exact) mass is 266 g/mol. The lowest BCUT2D eigenvalue weighted by Crippen LogP contribution is -1.77. The Morgan fingerprint density at radius 2 is 1.06 bits per heavy atom. The van der Waals surface area contributed by atoms with Gasteiger partial charge in [-0.1, -0.05) is 36.4 Å². The van der Waals surface area contributed by atoms with Crippen LogP contribution in [0.2, 0.25) is 0 Å². The number of hydrogen-bond donors (Lipinski definition) is 0. The van der Waals surface area contributed by atoms with Crippen LogP contribution in [0.15, 0.2) is 70.5 Å². The minimum Gasteiger partial charge on any atom is -0.235 e. The molecule has 0 aliphatic heterocycles. The van der Waals surface area contributed by atoms with Gasteiger partial charge >= 0.3 is 0 Å². The summed E-state index contributed by atoms with van der Waals surface area (Å²) in [5.74, 6) is 0. The molecule has 0 unspecified atom stereocenters. The average molecular weight is 266 g/mol. The van der Waals surface area contributed by atoms with Gasteiger partial charge in [0.15, 0.2) is 8.86 Å². The Bertz CT molecular complexity index is 413. The van der Waals surface area contributed by atoms with Crippen molar-refractivity contribution in [3.8, 4) is 0 Å². The average Bonchev–Trinajstić information content (AvgIpc) is 2.31. The van der Waals surface area contributed by atoms with E-state index in [0.717, 1.165) is 9.79 Å². The fourth-order valence-corrected chi connectivity index (χ4v) is 5.44. The molecule has 0 aliphatic carbocycles. The van der Waals surface area contributed by atoms with Crippen LogP contribution in [0, 0.1) is 0 Å². The molecule has 16 heavy (non-hydrogen) atoms. The lowest BCUT2D eigenvalue weighted by atomic mass is 10.4. The van der Waals surface area contributed by atoms with Crippen molar-refractivity contribution >= 4 is 30.5 Å². The van der Waals surface area contributed by atoms with Crippen molar-refractivity contribution in [2.75, 3.05) is 0 Å². The summed E-state index contributed by atoms with van der Waals surface area (Å²) in [5.41, 5.74) is 0. The Kier molecular flexibility index (Phi) is 4.51. The van der Waals surface area contributed by atoms with Gasteiger partial charge in [0.1, 0.15) is 0 Å².